The fourth-order valence-corrected chi connectivity index (χ4v) is 2.89. The minimum absolute atomic E-state index is 0.395. The summed E-state index contributed by atoms with van der Waals surface area (Å²) in [5, 5.41) is 0.746. The highest BCUT2D eigenvalue weighted by Gasteiger charge is 2.24. The van der Waals surface area contributed by atoms with Crippen molar-refractivity contribution in [1.29, 1.82) is 0 Å². The van der Waals surface area contributed by atoms with E-state index in [0.29, 0.717) is 11.0 Å². The van der Waals surface area contributed by atoms with E-state index < -0.39 is 0 Å². The summed E-state index contributed by atoms with van der Waals surface area (Å²) >= 11 is 11.3. The van der Waals surface area contributed by atoms with Crippen LogP contribution in [0.15, 0.2) is 18.2 Å². The van der Waals surface area contributed by atoms with Gasteiger partial charge in [0, 0.05) is 18.2 Å². The molecular weight excluding hydrogens is 252 g/mol. The highest BCUT2D eigenvalue weighted by Crippen LogP contribution is 2.33. The maximum Gasteiger partial charge on any atom is 0.104 e. The molecule has 0 spiro atoms. The molecule has 1 aromatic carbocycles. The van der Waals surface area contributed by atoms with Gasteiger partial charge in [0.25, 0.3) is 0 Å². The molecule has 1 saturated heterocycles. The van der Waals surface area contributed by atoms with Crippen LogP contribution in [0.4, 0.5) is 5.69 Å². The lowest BCUT2D eigenvalue weighted by Gasteiger charge is -2.27. The van der Waals surface area contributed by atoms with E-state index in [4.69, 9.17) is 29.6 Å². The van der Waals surface area contributed by atoms with Crippen molar-refractivity contribution >= 4 is 34.5 Å². The van der Waals surface area contributed by atoms with Gasteiger partial charge in [-0.15, -0.1) is 0 Å². The van der Waals surface area contributed by atoms with E-state index in [1.807, 2.05) is 18.2 Å². The molecule has 2 nitrogen and oxygen atoms in total. The van der Waals surface area contributed by atoms with Gasteiger partial charge >= 0.3 is 0 Å². The van der Waals surface area contributed by atoms with Gasteiger partial charge in [0.1, 0.15) is 4.99 Å². The molecule has 1 atom stereocenters. The van der Waals surface area contributed by atoms with E-state index in [2.05, 4.69) is 11.8 Å². The summed E-state index contributed by atoms with van der Waals surface area (Å²) in [7, 11) is 0. The molecular formula is C13H17ClN2S. The van der Waals surface area contributed by atoms with Crippen LogP contribution in [0.1, 0.15) is 31.7 Å². The lowest BCUT2D eigenvalue weighted by atomic mass is 10.1. The Labute approximate surface area is 113 Å². The standard InChI is InChI=1S/C13H17ClN2S/c1-2-10-4-3-7-16(10)12-6-5-9(13(15)17)8-11(12)14/h5-6,8,10H,2-4,7H2,1H3,(H2,15,17). The average Bonchev–Trinajstić information content (AvgIpc) is 2.76. The lowest BCUT2D eigenvalue weighted by molar-refractivity contribution is 0.645. The summed E-state index contributed by atoms with van der Waals surface area (Å²) in [6.07, 6.45) is 3.66. The monoisotopic (exact) mass is 268 g/mol. The molecule has 2 N–H and O–H groups in total. The molecule has 0 aliphatic carbocycles. The minimum atomic E-state index is 0.395. The summed E-state index contributed by atoms with van der Waals surface area (Å²) in [5.41, 5.74) is 7.54. The lowest BCUT2D eigenvalue weighted by Crippen LogP contribution is -2.28. The van der Waals surface area contributed by atoms with E-state index in [0.717, 1.165) is 29.2 Å². The normalized spacial score (nSPS) is 19.6. The minimum Gasteiger partial charge on any atom is -0.389 e. The second-order valence-corrected chi connectivity index (χ2v) is 5.28. The number of halogens is 1. The van der Waals surface area contributed by atoms with Gasteiger partial charge in [-0.2, -0.15) is 0 Å². The van der Waals surface area contributed by atoms with Gasteiger partial charge in [0.15, 0.2) is 0 Å². The Morgan fingerprint density at radius 2 is 2.35 bits per heavy atom. The molecule has 2 rings (SSSR count). The zero-order valence-corrected chi connectivity index (χ0v) is 11.5. The van der Waals surface area contributed by atoms with Crippen LogP contribution >= 0.6 is 23.8 Å². The van der Waals surface area contributed by atoms with Crippen molar-refractivity contribution in [2.75, 3.05) is 11.4 Å². The van der Waals surface area contributed by atoms with Gasteiger partial charge in [-0.25, -0.2) is 0 Å². The average molecular weight is 269 g/mol. The Kier molecular flexibility index (Phi) is 3.89. The second-order valence-electron chi connectivity index (χ2n) is 4.43. The van der Waals surface area contributed by atoms with Gasteiger partial charge in [-0.1, -0.05) is 30.7 Å². The van der Waals surface area contributed by atoms with Gasteiger partial charge in [0.05, 0.1) is 10.7 Å². The van der Waals surface area contributed by atoms with Crippen molar-refractivity contribution in [3.8, 4) is 0 Å². The van der Waals surface area contributed by atoms with Crippen LogP contribution in [0, 0.1) is 0 Å². The van der Waals surface area contributed by atoms with Crippen molar-refractivity contribution in [1.82, 2.24) is 0 Å². The van der Waals surface area contributed by atoms with Gasteiger partial charge in [0.2, 0.25) is 0 Å². The summed E-state index contributed by atoms with van der Waals surface area (Å²) in [6, 6.07) is 6.46. The molecule has 1 aliphatic rings. The van der Waals surface area contributed by atoms with Crippen LogP contribution in [-0.2, 0) is 0 Å². The number of nitrogens with zero attached hydrogens (tertiary/aromatic N) is 1. The van der Waals surface area contributed by atoms with E-state index in [-0.39, 0.29) is 0 Å². The Balaban J connectivity index is 2.30. The van der Waals surface area contributed by atoms with Crippen molar-refractivity contribution < 1.29 is 0 Å². The fraction of sp³-hybridized carbons (Fsp3) is 0.462. The Hall–Kier alpha value is -0.800. The van der Waals surface area contributed by atoms with Crippen molar-refractivity contribution in [2.45, 2.75) is 32.2 Å². The molecule has 0 aromatic heterocycles. The predicted octanol–water partition coefficient (Wildman–Crippen LogP) is 3.35. The van der Waals surface area contributed by atoms with Crippen molar-refractivity contribution in [3.63, 3.8) is 0 Å². The SMILES string of the molecule is CCC1CCCN1c1ccc(C(N)=S)cc1Cl. The number of hydrogen-bond acceptors (Lipinski definition) is 2. The number of benzene rings is 1. The first-order valence-electron chi connectivity index (χ1n) is 5.99. The van der Waals surface area contributed by atoms with E-state index in [1.165, 1.54) is 12.8 Å². The highest BCUT2D eigenvalue weighted by atomic mass is 35.5. The molecule has 17 heavy (non-hydrogen) atoms. The molecule has 0 bridgehead atoms. The highest BCUT2D eigenvalue weighted by molar-refractivity contribution is 7.80. The zero-order valence-electron chi connectivity index (χ0n) is 9.95. The molecule has 0 saturated carbocycles. The second kappa shape index (κ2) is 5.23. The quantitative estimate of drug-likeness (QED) is 0.853. The Morgan fingerprint density at radius 1 is 1.59 bits per heavy atom. The largest absolute Gasteiger partial charge is 0.389 e. The Morgan fingerprint density at radius 3 is 2.94 bits per heavy atom. The first-order valence-corrected chi connectivity index (χ1v) is 6.78. The maximum absolute atomic E-state index is 6.32. The van der Waals surface area contributed by atoms with Crippen molar-refractivity contribution in [2.24, 2.45) is 5.73 Å². The van der Waals surface area contributed by atoms with Gasteiger partial charge < -0.3 is 10.6 Å². The molecule has 92 valence electrons. The third kappa shape index (κ3) is 2.55. The molecule has 1 aliphatic heterocycles. The van der Waals surface area contributed by atoms with Crippen LogP contribution in [0.3, 0.4) is 0 Å². The van der Waals surface area contributed by atoms with E-state index in [9.17, 15) is 0 Å². The molecule has 1 aromatic rings. The Bertz CT molecular complexity index is 433. The number of hydrogen-bond donors (Lipinski definition) is 1. The van der Waals surface area contributed by atoms with Crippen LogP contribution in [0.5, 0.6) is 0 Å². The third-order valence-corrected chi connectivity index (χ3v) is 3.93. The maximum atomic E-state index is 6.32. The topological polar surface area (TPSA) is 29.3 Å². The molecule has 1 fully saturated rings. The fourth-order valence-electron chi connectivity index (χ4n) is 2.47. The summed E-state index contributed by atoms with van der Waals surface area (Å²) in [4.78, 5) is 2.79. The molecule has 1 unspecified atom stereocenters. The number of rotatable bonds is 3. The third-order valence-electron chi connectivity index (χ3n) is 3.39. The smallest absolute Gasteiger partial charge is 0.104 e. The van der Waals surface area contributed by atoms with Crippen LogP contribution in [-0.4, -0.2) is 17.6 Å². The molecule has 4 heteroatoms. The van der Waals surface area contributed by atoms with Gasteiger partial charge in [-0.05, 0) is 37.5 Å². The molecule has 0 radical (unpaired) electrons. The summed E-state index contributed by atoms with van der Waals surface area (Å²) in [5.74, 6) is 0. The predicted molar refractivity (Wildman–Crippen MR) is 78.0 cm³/mol. The summed E-state index contributed by atoms with van der Waals surface area (Å²) < 4.78 is 0. The molecule has 1 heterocycles. The molecule has 0 amide bonds. The van der Waals surface area contributed by atoms with Crippen LogP contribution in [0.2, 0.25) is 5.02 Å². The van der Waals surface area contributed by atoms with E-state index >= 15 is 0 Å². The number of anilines is 1. The van der Waals surface area contributed by atoms with Crippen molar-refractivity contribution in [3.05, 3.63) is 28.8 Å². The first-order chi connectivity index (χ1) is 8.13. The number of nitrogens with two attached hydrogens (primary N) is 1. The first kappa shape index (κ1) is 12.7. The summed E-state index contributed by atoms with van der Waals surface area (Å²) in [6.45, 7) is 3.31. The van der Waals surface area contributed by atoms with Gasteiger partial charge in [-0.3, -0.25) is 0 Å². The van der Waals surface area contributed by atoms with Crippen LogP contribution < -0.4 is 10.6 Å². The zero-order chi connectivity index (χ0) is 12.4. The number of thiocarbonyl (C=S) groups is 1. The van der Waals surface area contributed by atoms with E-state index in [1.54, 1.807) is 0 Å². The van der Waals surface area contributed by atoms with Crippen LogP contribution in [0.25, 0.3) is 0 Å².